The van der Waals surface area contributed by atoms with Crippen LogP contribution in [0.1, 0.15) is 34.8 Å². The van der Waals surface area contributed by atoms with Crippen LogP contribution in [0, 0.1) is 6.92 Å². The van der Waals surface area contributed by atoms with Gasteiger partial charge in [-0.25, -0.2) is 9.59 Å². The van der Waals surface area contributed by atoms with Gasteiger partial charge in [0, 0.05) is 12.2 Å². The van der Waals surface area contributed by atoms with Gasteiger partial charge in [0.25, 0.3) is 0 Å². The van der Waals surface area contributed by atoms with Crippen LogP contribution in [0.2, 0.25) is 0 Å². The van der Waals surface area contributed by atoms with Gasteiger partial charge in [0.15, 0.2) is 11.5 Å². The molecule has 1 fully saturated rings. The van der Waals surface area contributed by atoms with Crippen molar-refractivity contribution in [2.45, 2.75) is 38.8 Å². The van der Waals surface area contributed by atoms with E-state index in [2.05, 4.69) is 10.6 Å². The number of aryl methyl sites for hydroxylation is 1. The van der Waals surface area contributed by atoms with Gasteiger partial charge in [0.1, 0.15) is 12.4 Å². The van der Waals surface area contributed by atoms with E-state index in [1.807, 2.05) is 31.2 Å². The number of likely N-dealkylation sites (tertiary alicyclic amines) is 1. The fourth-order valence-corrected chi connectivity index (χ4v) is 4.88. The molecule has 3 aromatic rings. The summed E-state index contributed by atoms with van der Waals surface area (Å²) in [4.78, 5) is 39.6. The zero-order chi connectivity index (χ0) is 30.9. The summed E-state index contributed by atoms with van der Waals surface area (Å²) in [6.45, 7) is 4.20. The van der Waals surface area contributed by atoms with Crippen molar-refractivity contribution in [1.82, 2.24) is 4.90 Å². The van der Waals surface area contributed by atoms with Crippen molar-refractivity contribution in [3.05, 3.63) is 77.4 Å². The van der Waals surface area contributed by atoms with Crippen LogP contribution in [0.25, 0.3) is 0 Å². The van der Waals surface area contributed by atoms with E-state index in [1.54, 1.807) is 42.2 Å². The second-order valence-electron chi connectivity index (χ2n) is 10.1. The number of aliphatic hydroxyl groups excluding tert-OH is 1. The number of nitrogens with one attached hydrogen (secondary N) is 2. The summed E-state index contributed by atoms with van der Waals surface area (Å²) >= 11 is 0. The molecule has 0 bridgehead atoms. The van der Waals surface area contributed by atoms with E-state index in [0.29, 0.717) is 46.2 Å². The molecule has 4 rings (SSSR count). The smallest absolute Gasteiger partial charge is 0.338 e. The van der Waals surface area contributed by atoms with Crippen molar-refractivity contribution in [2.75, 3.05) is 44.6 Å². The number of aliphatic hydroxyl groups is 1. The molecule has 0 saturated carbocycles. The van der Waals surface area contributed by atoms with Gasteiger partial charge in [-0.1, -0.05) is 24.3 Å². The number of benzene rings is 3. The SMILES string of the molecule is CCOC(=O)c1ccc(OCC2CC(O)CN2C(=O)Cc2ccc(NC(=O)Nc3ccccc3C)c(OC)c2)c(OC)c1. The monoisotopic (exact) mass is 591 g/mol. The molecule has 1 aliphatic rings. The van der Waals surface area contributed by atoms with Gasteiger partial charge in [-0.3, -0.25) is 4.79 Å². The topological polar surface area (TPSA) is 136 Å². The number of ether oxygens (including phenoxy) is 4. The number of anilines is 2. The predicted molar refractivity (Wildman–Crippen MR) is 161 cm³/mol. The van der Waals surface area contributed by atoms with Crippen LogP contribution in [-0.4, -0.2) is 74.0 Å². The van der Waals surface area contributed by atoms with Gasteiger partial charge >= 0.3 is 12.0 Å². The van der Waals surface area contributed by atoms with Crippen LogP contribution in [0.5, 0.6) is 17.2 Å². The molecule has 1 aliphatic heterocycles. The highest BCUT2D eigenvalue weighted by molar-refractivity contribution is 6.01. The molecule has 11 heteroatoms. The Labute approximate surface area is 250 Å². The van der Waals surface area contributed by atoms with Crippen LogP contribution >= 0.6 is 0 Å². The highest BCUT2D eigenvalue weighted by Crippen LogP contribution is 2.31. The zero-order valence-corrected chi connectivity index (χ0v) is 24.7. The first-order chi connectivity index (χ1) is 20.7. The van der Waals surface area contributed by atoms with Gasteiger partial charge < -0.3 is 39.6 Å². The van der Waals surface area contributed by atoms with Gasteiger partial charge in [-0.05, 0) is 67.8 Å². The first-order valence-corrected chi connectivity index (χ1v) is 14.0. The second-order valence-corrected chi connectivity index (χ2v) is 10.1. The molecule has 1 saturated heterocycles. The van der Waals surface area contributed by atoms with Crippen molar-refractivity contribution < 1.29 is 38.4 Å². The fraction of sp³-hybridized carbons (Fsp3) is 0.344. The standard InChI is InChI=1S/C32H37N3O8/c1-5-42-31(38)22-11-13-27(29(16-22)41-4)43-19-23-17-24(36)18-35(23)30(37)15-21-10-12-26(28(14-21)40-3)34-32(39)33-25-9-7-6-8-20(25)2/h6-14,16,23-24,36H,5,15,17-19H2,1-4H3,(H2,33,34,39). The van der Waals surface area contributed by atoms with Crippen LogP contribution in [0.3, 0.4) is 0 Å². The molecule has 3 aromatic carbocycles. The first-order valence-electron chi connectivity index (χ1n) is 14.0. The molecule has 43 heavy (non-hydrogen) atoms. The molecule has 0 aromatic heterocycles. The third-order valence-corrected chi connectivity index (χ3v) is 7.08. The summed E-state index contributed by atoms with van der Waals surface area (Å²) in [7, 11) is 2.96. The minimum atomic E-state index is -0.682. The number of rotatable bonds is 11. The average molecular weight is 592 g/mol. The van der Waals surface area contributed by atoms with Crippen molar-refractivity contribution in [3.8, 4) is 17.2 Å². The maximum atomic E-state index is 13.3. The van der Waals surface area contributed by atoms with Crippen LogP contribution in [-0.2, 0) is 16.0 Å². The van der Waals surface area contributed by atoms with Gasteiger partial charge in [0.2, 0.25) is 5.91 Å². The Kier molecular flexibility index (Phi) is 10.4. The molecule has 228 valence electrons. The first kappa shape index (κ1) is 31.2. The third-order valence-electron chi connectivity index (χ3n) is 7.08. The van der Waals surface area contributed by atoms with Crippen molar-refractivity contribution in [1.29, 1.82) is 0 Å². The number of β-amino-alcohol motifs (C(OH)–C–C–N with tert-alkyl or cyclic N) is 1. The molecular weight excluding hydrogens is 554 g/mol. The van der Waals surface area contributed by atoms with E-state index in [4.69, 9.17) is 18.9 Å². The summed E-state index contributed by atoms with van der Waals surface area (Å²) in [6, 6.07) is 16.5. The lowest BCUT2D eigenvalue weighted by molar-refractivity contribution is -0.132. The number of esters is 1. The number of para-hydroxylation sites is 1. The van der Waals surface area contributed by atoms with Crippen molar-refractivity contribution >= 4 is 29.3 Å². The number of methoxy groups -OCH3 is 2. The molecule has 0 aliphatic carbocycles. The van der Waals surface area contributed by atoms with Crippen LogP contribution in [0.15, 0.2) is 60.7 Å². The normalized spacial score (nSPS) is 15.9. The second kappa shape index (κ2) is 14.4. The maximum absolute atomic E-state index is 13.3. The molecule has 11 nitrogen and oxygen atoms in total. The molecule has 2 atom stereocenters. The summed E-state index contributed by atoms with van der Waals surface area (Å²) in [5.41, 5.74) is 3.10. The fourth-order valence-electron chi connectivity index (χ4n) is 4.88. The predicted octanol–water partition coefficient (Wildman–Crippen LogP) is 4.42. The van der Waals surface area contributed by atoms with E-state index in [9.17, 15) is 19.5 Å². The lowest BCUT2D eigenvalue weighted by atomic mass is 10.1. The summed E-state index contributed by atoms with van der Waals surface area (Å²) in [5, 5.41) is 16.0. The molecule has 1 heterocycles. The van der Waals surface area contributed by atoms with E-state index in [0.717, 1.165) is 5.56 Å². The minimum absolute atomic E-state index is 0.0623. The van der Waals surface area contributed by atoms with Crippen molar-refractivity contribution in [3.63, 3.8) is 0 Å². The van der Waals surface area contributed by atoms with Crippen LogP contribution < -0.4 is 24.8 Å². The lowest BCUT2D eigenvalue weighted by Gasteiger charge is -2.25. The number of urea groups is 1. The number of hydrogen-bond donors (Lipinski definition) is 3. The highest BCUT2D eigenvalue weighted by atomic mass is 16.5. The number of carbonyl (C=O) groups excluding carboxylic acids is 3. The van der Waals surface area contributed by atoms with Gasteiger partial charge in [-0.15, -0.1) is 0 Å². The molecule has 0 spiro atoms. The van der Waals surface area contributed by atoms with Crippen LogP contribution in [0.4, 0.5) is 16.2 Å². The number of hydrogen-bond acceptors (Lipinski definition) is 8. The molecule has 3 amide bonds. The Balaban J connectivity index is 1.39. The summed E-state index contributed by atoms with van der Waals surface area (Å²) < 4.78 is 21.9. The largest absolute Gasteiger partial charge is 0.495 e. The zero-order valence-electron chi connectivity index (χ0n) is 24.7. The summed E-state index contributed by atoms with van der Waals surface area (Å²) in [5.74, 6) is 0.521. The Morgan fingerprint density at radius 2 is 1.67 bits per heavy atom. The molecule has 3 N–H and O–H groups in total. The molecule has 0 radical (unpaired) electrons. The lowest BCUT2D eigenvalue weighted by Crippen LogP contribution is -2.40. The molecular formula is C32H37N3O8. The van der Waals surface area contributed by atoms with E-state index < -0.39 is 18.1 Å². The average Bonchev–Trinajstić information content (AvgIpc) is 3.38. The van der Waals surface area contributed by atoms with Gasteiger partial charge in [0.05, 0.1) is 50.6 Å². The van der Waals surface area contributed by atoms with Gasteiger partial charge in [-0.2, -0.15) is 0 Å². The minimum Gasteiger partial charge on any atom is -0.495 e. The number of nitrogens with zero attached hydrogens (tertiary/aromatic N) is 1. The Morgan fingerprint density at radius 1 is 0.930 bits per heavy atom. The summed E-state index contributed by atoms with van der Waals surface area (Å²) in [6.07, 6.45) is -0.261. The van der Waals surface area contributed by atoms with E-state index >= 15 is 0 Å². The Hall–Kier alpha value is -4.77. The Morgan fingerprint density at radius 3 is 2.40 bits per heavy atom. The highest BCUT2D eigenvalue weighted by Gasteiger charge is 2.35. The van der Waals surface area contributed by atoms with Crippen molar-refractivity contribution in [2.24, 2.45) is 0 Å². The molecule has 2 unspecified atom stereocenters. The Bertz CT molecular complexity index is 1460. The number of carbonyl (C=O) groups is 3. The third kappa shape index (κ3) is 7.95. The maximum Gasteiger partial charge on any atom is 0.338 e. The van der Waals surface area contributed by atoms with E-state index in [-0.39, 0.29) is 38.1 Å². The quantitative estimate of drug-likeness (QED) is 0.279. The van der Waals surface area contributed by atoms with E-state index in [1.165, 1.54) is 20.3 Å². The number of amides is 3.